The van der Waals surface area contributed by atoms with Crippen LogP contribution in [0.1, 0.15) is 41.0 Å². The van der Waals surface area contributed by atoms with E-state index in [1.165, 1.54) is 0 Å². The first-order valence-corrected chi connectivity index (χ1v) is 11.0. The maximum Gasteiger partial charge on any atom is 0.343 e. The van der Waals surface area contributed by atoms with Crippen molar-refractivity contribution in [2.24, 2.45) is 0 Å². The fourth-order valence-corrected chi connectivity index (χ4v) is 4.16. The highest BCUT2D eigenvalue weighted by Crippen LogP contribution is 2.24. The van der Waals surface area contributed by atoms with Crippen LogP contribution >= 0.6 is 0 Å². The summed E-state index contributed by atoms with van der Waals surface area (Å²) in [4.78, 5) is 30.3. The Bertz CT molecular complexity index is 1450. The predicted molar refractivity (Wildman–Crippen MR) is 125 cm³/mol. The fourth-order valence-electron chi connectivity index (χ4n) is 4.16. The molecule has 1 aliphatic rings. The highest BCUT2D eigenvalue weighted by molar-refractivity contribution is 5.95. The van der Waals surface area contributed by atoms with E-state index in [9.17, 15) is 9.59 Å². The summed E-state index contributed by atoms with van der Waals surface area (Å²) in [7, 11) is 0. The van der Waals surface area contributed by atoms with Crippen molar-refractivity contribution >= 4 is 16.9 Å². The molecule has 0 spiro atoms. The minimum absolute atomic E-state index is 0.0461. The molecule has 0 bridgehead atoms. The van der Waals surface area contributed by atoms with E-state index in [2.05, 4.69) is 11.1 Å². The number of nitriles is 1. The van der Waals surface area contributed by atoms with Crippen molar-refractivity contribution < 1.29 is 9.53 Å². The molecule has 33 heavy (non-hydrogen) atoms. The van der Waals surface area contributed by atoms with Crippen molar-refractivity contribution in [2.45, 2.75) is 32.2 Å². The van der Waals surface area contributed by atoms with Crippen molar-refractivity contribution in [1.82, 2.24) is 9.55 Å². The Hall–Kier alpha value is -4.24. The molecule has 1 aromatic heterocycles. The third kappa shape index (κ3) is 4.13. The van der Waals surface area contributed by atoms with Gasteiger partial charge in [-0.15, -0.1) is 0 Å². The first-order chi connectivity index (χ1) is 16.1. The smallest absolute Gasteiger partial charge is 0.343 e. The van der Waals surface area contributed by atoms with Crippen LogP contribution in [0, 0.1) is 11.3 Å². The third-order valence-corrected chi connectivity index (χ3v) is 5.96. The number of carbonyl (C=O) groups excluding carboxylic acids is 1. The molecule has 4 aromatic rings. The van der Waals surface area contributed by atoms with Gasteiger partial charge in [0, 0.05) is 13.0 Å². The van der Waals surface area contributed by atoms with Crippen LogP contribution in [0.3, 0.4) is 0 Å². The minimum Gasteiger partial charge on any atom is -0.423 e. The molecule has 0 fully saturated rings. The Morgan fingerprint density at radius 3 is 2.39 bits per heavy atom. The van der Waals surface area contributed by atoms with E-state index in [0.29, 0.717) is 34.3 Å². The van der Waals surface area contributed by atoms with Crippen molar-refractivity contribution in [2.75, 3.05) is 0 Å². The zero-order chi connectivity index (χ0) is 22.8. The molecule has 6 heteroatoms. The number of hydrogen-bond acceptors (Lipinski definition) is 5. The Kier molecular flexibility index (Phi) is 5.45. The molecule has 0 saturated carbocycles. The summed E-state index contributed by atoms with van der Waals surface area (Å²) in [6.07, 6.45) is 3.85. The molecule has 2 heterocycles. The number of benzene rings is 3. The van der Waals surface area contributed by atoms with Crippen LogP contribution in [0.15, 0.2) is 71.5 Å². The molecule has 5 rings (SSSR count). The molecule has 6 nitrogen and oxygen atoms in total. The highest BCUT2D eigenvalue weighted by Gasteiger charge is 2.16. The van der Waals surface area contributed by atoms with E-state index in [-0.39, 0.29) is 5.56 Å². The van der Waals surface area contributed by atoms with E-state index in [1.54, 1.807) is 47.0 Å². The summed E-state index contributed by atoms with van der Waals surface area (Å²) >= 11 is 0. The number of carbonyl (C=O) groups is 1. The van der Waals surface area contributed by atoms with Crippen LogP contribution in [0.4, 0.5) is 0 Å². The lowest BCUT2D eigenvalue weighted by Crippen LogP contribution is -2.24. The summed E-state index contributed by atoms with van der Waals surface area (Å²) < 4.78 is 7.31. The fraction of sp³-hybridized carbons (Fsp3) is 0.185. The van der Waals surface area contributed by atoms with Crippen molar-refractivity contribution in [1.29, 1.82) is 5.26 Å². The van der Waals surface area contributed by atoms with Crippen LogP contribution in [0.2, 0.25) is 0 Å². The molecule has 0 amide bonds. The van der Waals surface area contributed by atoms with Crippen molar-refractivity contribution in [3.05, 3.63) is 94.0 Å². The molecule has 0 aliphatic carbocycles. The summed E-state index contributed by atoms with van der Waals surface area (Å²) in [5, 5.41) is 9.45. The van der Waals surface area contributed by atoms with Gasteiger partial charge in [0.15, 0.2) is 0 Å². The molecule has 0 radical (unpaired) electrons. The Labute approximate surface area is 190 Å². The van der Waals surface area contributed by atoms with Crippen LogP contribution in [0.25, 0.3) is 22.0 Å². The molecular weight excluding hydrogens is 414 g/mol. The summed E-state index contributed by atoms with van der Waals surface area (Å²) in [6, 6.07) is 21.5. The summed E-state index contributed by atoms with van der Waals surface area (Å²) in [6.45, 7) is 0.694. The molecule has 1 aliphatic heterocycles. The van der Waals surface area contributed by atoms with E-state index < -0.39 is 5.97 Å². The van der Waals surface area contributed by atoms with Gasteiger partial charge in [-0.3, -0.25) is 9.36 Å². The summed E-state index contributed by atoms with van der Waals surface area (Å²) in [5.41, 5.74) is 3.36. The normalized spacial score (nSPS) is 13.1. The lowest BCUT2D eigenvalue weighted by molar-refractivity contribution is 0.0735. The Morgan fingerprint density at radius 2 is 1.67 bits per heavy atom. The number of hydrogen-bond donors (Lipinski definition) is 0. The van der Waals surface area contributed by atoms with Crippen LogP contribution in [0.5, 0.6) is 5.75 Å². The first kappa shape index (κ1) is 20.7. The molecule has 0 unspecified atom stereocenters. The standard InChI is InChI=1S/C27H21N3O3/c28-17-18-5-7-19(8-6-18)20-9-12-22(13-10-20)33-27(32)21-11-14-23-24(16-21)29-25-4-2-1-3-15-30(25)26(23)31/h5-14,16H,1-4,15H2. The van der Waals surface area contributed by atoms with Gasteiger partial charge in [-0.05, 0) is 66.4 Å². The van der Waals surface area contributed by atoms with Gasteiger partial charge < -0.3 is 4.74 Å². The largest absolute Gasteiger partial charge is 0.423 e. The number of nitrogens with zero attached hydrogens (tertiary/aromatic N) is 3. The van der Waals surface area contributed by atoms with Gasteiger partial charge in [0.25, 0.3) is 5.56 Å². The van der Waals surface area contributed by atoms with Gasteiger partial charge >= 0.3 is 5.97 Å². The highest BCUT2D eigenvalue weighted by atomic mass is 16.5. The predicted octanol–water partition coefficient (Wildman–Crippen LogP) is 4.88. The second-order valence-corrected chi connectivity index (χ2v) is 8.13. The van der Waals surface area contributed by atoms with E-state index in [0.717, 1.165) is 42.6 Å². The number of ether oxygens (including phenoxy) is 1. The number of aryl methyl sites for hydroxylation is 1. The number of fused-ring (bicyclic) bond motifs is 2. The van der Waals surface area contributed by atoms with E-state index in [4.69, 9.17) is 10.00 Å². The molecule has 0 saturated heterocycles. The Morgan fingerprint density at radius 1 is 0.939 bits per heavy atom. The Balaban J connectivity index is 1.37. The second kappa shape index (κ2) is 8.71. The molecule has 0 N–H and O–H groups in total. The number of aromatic nitrogens is 2. The van der Waals surface area contributed by atoms with E-state index in [1.807, 2.05) is 24.3 Å². The molecule has 3 aromatic carbocycles. The molecule has 162 valence electrons. The van der Waals surface area contributed by atoms with Crippen molar-refractivity contribution in [3.63, 3.8) is 0 Å². The molecule has 0 atom stereocenters. The lowest BCUT2D eigenvalue weighted by Gasteiger charge is -2.11. The number of rotatable bonds is 3. The maximum atomic E-state index is 12.9. The minimum atomic E-state index is -0.500. The lowest BCUT2D eigenvalue weighted by atomic mass is 10.0. The third-order valence-electron chi connectivity index (χ3n) is 5.96. The topological polar surface area (TPSA) is 85.0 Å². The van der Waals surface area contributed by atoms with E-state index >= 15 is 0 Å². The second-order valence-electron chi connectivity index (χ2n) is 8.13. The monoisotopic (exact) mass is 435 g/mol. The van der Waals surface area contributed by atoms with Gasteiger partial charge in [0.1, 0.15) is 11.6 Å². The first-order valence-electron chi connectivity index (χ1n) is 11.0. The van der Waals surface area contributed by atoms with Gasteiger partial charge in [-0.1, -0.05) is 30.7 Å². The van der Waals surface area contributed by atoms with Gasteiger partial charge in [0.2, 0.25) is 0 Å². The van der Waals surface area contributed by atoms with Crippen LogP contribution < -0.4 is 10.3 Å². The van der Waals surface area contributed by atoms with Gasteiger partial charge in [-0.2, -0.15) is 5.26 Å². The zero-order valence-electron chi connectivity index (χ0n) is 18.0. The SMILES string of the molecule is N#Cc1ccc(-c2ccc(OC(=O)c3ccc4c(=O)n5c(nc4c3)CCCCC5)cc2)cc1. The molecular formula is C27H21N3O3. The van der Waals surface area contributed by atoms with Crippen LogP contribution in [-0.4, -0.2) is 15.5 Å². The van der Waals surface area contributed by atoms with Crippen LogP contribution in [-0.2, 0) is 13.0 Å². The van der Waals surface area contributed by atoms with Gasteiger partial charge in [-0.25, -0.2) is 9.78 Å². The number of esters is 1. The summed E-state index contributed by atoms with van der Waals surface area (Å²) in [5.74, 6) is 0.709. The zero-order valence-corrected chi connectivity index (χ0v) is 18.0. The average molecular weight is 435 g/mol. The van der Waals surface area contributed by atoms with Crippen molar-refractivity contribution in [3.8, 4) is 22.9 Å². The quantitative estimate of drug-likeness (QED) is 0.338. The maximum absolute atomic E-state index is 12.9. The van der Waals surface area contributed by atoms with Gasteiger partial charge in [0.05, 0.1) is 28.1 Å². The average Bonchev–Trinajstić information content (AvgIpc) is 3.10.